The van der Waals surface area contributed by atoms with Gasteiger partial charge in [-0.2, -0.15) is 0 Å². The van der Waals surface area contributed by atoms with Gasteiger partial charge >= 0.3 is 0 Å². The first-order valence-corrected chi connectivity index (χ1v) is 7.20. The Morgan fingerprint density at radius 2 is 1.75 bits per heavy atom. The fourth-order valence-corrected chi connectivity index (χ4v) is 3.78. The average molecular weight is 223 g/mol. The average Bonchev–Trinajstić information content (AvgIpc) is 2.61. The number of hydrogen-bond acceptors (Lipinski definition) is 1. The van der Waals surface area contributed by atoms with Crippen molar-refractivity contribution in [2.24, 2.45) is 11.3 Å². The normalized spacial score (nSPS) is 31.1. The maximum Gasteiger partial charge on any atom is 0.0125 e. The van der Waals surface area contributed by atoms with Crippen LogP contribution in [0.15, 0.2) is 0 Å². The molecule has 2 rings (SSSR count). The number of hydrogen-bond donors (Lipinski definition) is 0. The maximum atomic E-state index is 2.68. The van der Waals surface area contributed by atoms with E-state index >= 15 is 0 Å². The zero-order valence-corrected chi connectivity index (χ0v) is 11.7. The summed E-state index contributed by atoms with van der Waals surface area (Å²) in [6.45, 7) is 12.1. The second-order valence-corrected chi connectivity index (χ2v) is 7.17. The van der Waals surface area contributed by atoms with Gasteiger partial charge in [-0.3, -0.25) is 4.90 Å². The van der Waals surface area contributed by atoms with Crippen molar-refractivity contribution in [2.75, 3.05) is 13.1 Å². The number of likely N-dealkylation sites (tertiary alicyclic amines) is 1. The minimum Gasteiger partial charge on any atom is -0.298 e. The molecule has 1 atom stereocenters. The largest absolute Gasteiger partial charge is 0.298 e. The molecule has 1 aliphatic carbocycles. The smallest absolute Gasteiger partial charge is 0.0125 e. The molecule has 1 spiro atoms. The molecule has 2 fully saturated rings. The summed E-state index contributed by atoms with van der Waals surface area (Å²) in [5, 5.41) is 0. The molecule has 1 aliphatic heterocycles. The van der Waals surface area contributed by atoms with Crippen molar-refractivity contribution in [1.29, 1.82) is 0 Å². The molecule has 1 unspecified atom stereocenters. The van der Waals surface area contributed by atoms with Gasteiger partial charge in [0.25, 0.3) is 0 Å². The zero-order chi connectivity index (χ0) is 11.8. The fourth-order valence-electron chi connectivity index (χ4n) is 3.78. The van der Waals surface area contributed by atoms with E-state index in [1.807, 2.05) is 0 Å². The van der Waals surface area contributed by atoms with E-state index in [1.165, 1.54) is 51.6 Å². The van der Waals surface area contributed by atoms with Crippen LogP contribution >= 0.6 is 0 Å². The van der Waals surface area contributed by atoms with E-state index < -0.39 is 0 Å². The SMILES string of the molecule is CCC1CCC2(CCN(C(C)(C)C)CC2)C1. The molecule has 0 aromatic rings. The standard InChI is InChI=1S/C15H29N/c1-5-13-6-7-15(12-13)8-10-16(11-9-15)14(2,3)4/h13H,5-12H2,1-4H3. The Labute approximate surface area is 102 Å². The number of rotatable bonds is 1. The molecule has 94 valence electrons. The van der Waals surface area contributed by atoms with Crippen molar-refractivity contribution >= 4 is 0 Å². The van der Waals surface area contributed by atoms with Gasteiger partial charge in [0, 0.05) is 5.54 Å². The highest BCUT2D eigenvalue weighted by Gasteiger charge is 2.41. The molecule has 1 heteroatoms. The van der Waals surface area contributed by atoms with E-state index in [4.69, 9.17) is 0 Å². The molecule has 16 heavy (non-hydrogen) atoms. The monoisotopic (exact) mass is 223 g/mol. The first-order valence-electron chi connectivity index (χ1n) is 7.20. The number of nitrogens with zero attached hydrogens (tertiary/aromatic N) is 1. The van der Waals surface area contributed by atoms with Gasteiger partial charge in [-0.05, 0) is 77.3 Å². The molecule has 0 radical (unpaired) electrons. The maximum absolute atomic E-state index is 2.68. The second-order valence-electron chi connectivity index (χ2n) is 7.17. The quantitative estimate of drug-likeness (QED) is 0.647. The Hall–Kier alpha value is -0.0400. The van der Waals surface area contributed by atoms with Gasteiger partial charge in [-0.25, -0.2) is 0 Å². The highest BCUT2D eigenvalue weighted by molar-refractivity contribution is 4.94. The Kier molecular flexibility index (Phi) is 3.36. The van der Waals surface area contributed by atoms with Gasteiger partial charge in [0.2, 0.25) is 0 Å². The Morgan fingerprint density at radius 1 is 1.12 bits per heavy atom. The molecule has 1 saturated carbocycles. The lowest BCUT2D eigenvalue weighted by molar-refractivity contribution is 0.0435. The van der Waals surface area contributed by atoms with Gasteiger partial charge < -0.3 is 0 Å². The fraction of sp³-hybridized carbons (Fsp3) is 1.00. The molecular formula is C15H29N. The summed E-state index contributed by atoms with van der Waals surface area (Å²) in [4.78, 5) is 2.68. The Bertz CT molecular complexity index is 230. The molecule has 2 aliphatic rings. The molecule has 1 heterocycles. The van der Waals surface area contributed by atoms with Crippen LogP contribution in [0.25, 0.3) is 0 Å². The minimum atomic E-state index is 0.379. The third-order valence-electron chi connectivity index (χ3n) is 5.15. The molecule has 1 saturated heterocycles. The van der Waals surface area contributed by atoms with E-state index in [0.29, 0.717) is 5.54 Å². The van der Waals surface area contributed by atoms with E-state index in [2.05, 4.69) is 32.6 Å². The summed E-state index contributed by atoms with van der Waals surface area (Å²) >= 11 is 0. The van der Waals surface area contributed by atoms with Gasteiger partial charge in [0.15, 0.2) is 0 Å². The third-order valence-corrected chi connectivity index (χ3v) is 5.15. The minimum absolute atomic E-state index is 0.379. The van der Waals surface area contributed by atoms with E-state index in [9.17, 15) is 0 Å². The topological polar surface area (TPSA) is 3.24 Å². The molecule has 1 nitrogen and oxygen atoms in total. The first-order chi connectivity index (χ1) is 7.45. The van der Waals surface area contributed by atoms with Crippen LogP contribution in [0.3, 0.4) is 0 Å². The zero-order valence-electron chi connectivity index (χ0n) is 11.7. The molecular weight excluding hydrogens is 194 g/mol. The molecule has 0 aromatic carbocycles. The highest BCUT2D eigenvalue weighted by Crippen LogP contribution is 2.50. The van der Waals surface area contributed by atoms with Gasteiger partial charge in [0.1, 0.15) is 0 Å². The summed E-state index contributed by atoms with van der Waals surface area (Å²) in [5.74, 6) is 1.04. The lowest BCUT2D eigenvalue weighted by Crippen LogP contribution is -2.48. The summed E-state index contributed by atoms with van der Waals surface area (Å²) in [5.41, 5.74) is 1.13. The lowest BCUT2D eigenvalue weighted by atomic mass is 9.75. The molecule has 0 N–H and O–H groups in total. The predicted molar refractivity (Wildman–Crippen MR) is 70.6 cm³/mol. The second kappa shape index (κ2) is 4.33. The Morgan fingerprint density at radius 3 is 2.19 bits per heavy atom. The van der Waals surface area contributed by atoms with Crippen molar-refractivity contribution in [2.45, 2.75) is 71.8 Å². The summed E-state index contributed by atoms with van der Waals surface area (Å²) < 4.78 is 0. The molecule has 0 amide bonds. The van der Waals surface area contributed by atoms with Gasteiger partial charge in [0.05, 0.1) is 0 Å². The summed E-state index contributed by atoms with van der Waals surface area (Å²) in [6, 6.07) is 0. The Balaban J connectivity index is 1.90. The van der Waals surface area contributed by atoms with Crippen molar-refractivity contribution in [3.63, 3.8) is 0 Å². The van der Waals surface area contributed by atoms with Crippen LogP contribution in [0.1, 0.15) is 66.2 Å². The van der Waals surface area contributed by atoms with Crippen LogP contribution in [-0.2, 0) is 0 Å². The van der Waals surface area contributed by atoms with Gasteiger partial charge in [-0.1, -0.05) is 13.3 Å². The van der Waals surface area contributed by atoms with Crippen molar-refractivity contribution in [3.8, 4) is 0 Å². The van der Waals surface area contributed by atoms with Crippen molar-refractivity contribution in [3.05, 3.63) is 0 Å². The first kappa shape index (κ1) is 12.4. The van der Waals surface area contributed by atoms with Crippen LogP contribution in [0, 0.1) is 11.3 Å². The van der Waals surface area contributed by atoms with Crippen LogP contribution < -0.4 is 0 Å². The molecule has 0 aromatic heterocycles. The van der Waals surface area contributed by atoms with E-state index in [-0.39, 0.29) is 0 Å². The van der Waals surface area contributed by atoms with E-state index in [1.54, 1.807) is 0 Å². The van der Waals surface area contributed by atoms with Crippen molar-refractivity contribution < 1.29 is 0 Å². The van der Waals surface area contributed by atoms with Crippen LogP contribution in [0.4, 0.5) is 0 Å². The van der Waals surface area contributed by atoms with Crippen LogP contribution in [0.5, 0.6) is 0 Å². The van der Waals surface area contributed by atoms with Crippen LogP contribution in [0.2, 0.25) is 0 Å². The lowest BCUT2D eigenvalue weighted by Gasteiger charge is -2.45. The van der Waals surface area contributed by atoms with Crippen LogP contribution in [-0.4, -0.2) is 23.5 Å². The predicted octanol–water partition coefficient (Wildman–Crippen LogP) is 4.08. The highest BCUT2D eigenvalue weighted by atomic mass is 15.2. The third kappa shape index (κ3) is 2.45. The van der Waals surface area contributed by atoms with Crippen molar-refractivity contribution in [1.82, 2.24) is 4.90 Å². The van der Waals surface area contributed by atoms with Gasteiger partial charge in [-0.15, -0.1) is 0 Å². The summed E-state index contributed by atoms with van der Waals surface area (Å²) in [7, 11) is 0. The molecule has 0 bridgehead atoms. The summed E-state index contributed by atoms with van der Waals surface area (Å²) in [6.07, 6.45) is 8.88. The number of piperidine rings is 1. The van der Waals surface area contributed by atoms with E-state index in [0.717, 1.165) is 11.3 Å².